The summed E-state index contributed by atoms with van der Waals surface area (Å²) in [6.45, 7) is 6.40. The molecule has 1 amide bonds. The second kappa shape index (κ2) is 7.26. The molecule has 0 aliphatic rings. The smallest absolute Gasteiger partial charge is 0.280 e. The number of carbonyl (C=O) groups is 1. The van der Waals surface area contributed by atoms with Crippen molar-refractivity contribution in [2.45, 2.75) is 20.8 Å². The molecule has 0 aliphatic carbocycles. The summed E-state index contributed by atoms with van der Waals surface area (Å²) < 4.78 is 6.84. The fourth-order valence-corrected chi connectivity index (χ4v) is 2.54. The Hall–Kier alpha value is -3.35. The van der Waals surface area contributed by atoms with Gasteiger partial charge in [-0.05, 0) is 62.2 Å². The number of anilines is 2. The molecule has 3 rings (SSSR count). The van der Waals surface area contributed by atoms with Crippen molar-refractivity contribution in [3.8, 4) is 11.4 Å². The number of benzene rings is 2. The fourth-order valence-electron chi connectivity index (χ4n) is 2.54. The largest absolute Gasteiger partial charge is 0.494 e. The number of nitrogen functional groups attached to an aromatic ring is 1. The number of amides is 1. The zero-order chi connectivity index (χ0) is 18.7. The van der Waals surface area contributed by atoms with Gasteiger partial charge < -0.3 is 15.8 Å². The summed E-state index contributed by atoms with van der Waals surface area (Å²) in [5, 5.41) is 10.8. The number of rotatable bonds is 5. The van der Waals surface area contributed by atoms with Crippen LogP contribution in [0.5, 0.6) is 5.75 Å². The molecule has 134 valence electrons. The molecule has 7 nitrogen and oxygen atoms in total. The number of nitrogens with two attached hydrogens (primary N) is 1. The Labute approximate surface area is 151 Å². The monoisotopic (exact) mass is 351 g/mol. The molecule has 0 radical (unpaired) electrons. The Balaban J connectivity index is 1.84. The van der Waals surface area contributed by atoms with E-state index >= 15 is 0 Å². The lowest BCUT2D eigenvalue weighted by Crippen LogP contribution is -2.15. The molecule has 0 saturated carbocycles. The normalized spacial score (nSPS) is 10.6. The topological polar surface area (TPSA) is 95.1 Å². The van der Waals surface area contributed by atoms with Gasteiger partial charge in [-0.1, -0.05) is 17.3 Å². The molecule has 0 atom stereocenters. The first-order valence-electron chi connectivity index (χ1n) is 8.32. The number of nitrogens with one attached hydrogen (secondary N) is 1. The third-order valence-electron chi connectivity index (χ3n) is 3.95. The predicted octanol–water partition coefficient (Wildman–Crippen LogP) is 3.12. The Bertz CT molecular complexity index is 932. The standard InChI is InChI=1S/C19H21N5O2/c1-4-26-15-9-7-14(8-10-15)24-18(20)17(22-23-24)19(25)21-16-11-12(2)5-6-13(16)3/h5-11H,4,20H2,1-3H3,(H,21,25). The lowest BCUT2D eigenvalue weighted by atomic mass is 10.1. The first-order chi connectivity index (χ1) is 12.5. The molecule has 0 saturated heterocycles. The summed E-state index contributed by atoms with van der Waals surface area (Å²) in [7, 11) is 0. The number of aromatic nitrogens is 3. The van der Waals surface area contributed by atoms with Crippen LogP contribution in [0.25, 0.3) is 5.69 Å². The van der Waals surface area contributed by atoms with Gasteiger partial charge >= 0.3 is 0 Å². The number of hydrogen-bond donors (Lipinski definition) is 2. The minimum absolute atomic E-state index is 0.0831. The van der Waals surface area contributed by atoms with Crippen LogP contribution in [0.3, 0.4) is 0 Å². The van der Waals surface area contributed by atoms with Gasteiger partial charge in [0.2, 0.25) is 0 Å². The Morgan fingerprint density at radius 3 is 2.62 bits per heavy atom. The van der Waals surface area contributed by atoms with Crippen LogP contribution in [0.2, 0.25) is 0 Å². The molecule has 26 heavy (non-hydrogen) atoms. The van der Waals surface area contributed by atoms with Crippen LogP contribution in [0.4, 0.5) is 11.5 Å². The molecule has 3 aromatic rings. The molecule has 0 bridgehead atoms. The van der Waals surface area contributed by atoms with Crippen molar-refractivity contribution in [2.24, 2.45) is 0 Å². The fraction of sp³-hybridized carbons (Fsp3) is 0.211. The summed E-state index contributed by atoms with van der Waals surface area (Å²) in [4.78, 5) is 12.6. The van der Waals surface area contributed by atoms with Crippen LogP contribution in [0, 0.1) is 13.8 Å². The summed E-state index contributed by atoms with van der Waals surface area (Å²) in [5.74, 6) is 0.535. The van der Waals surface area contributed by atoms with Crippen molar-refractivity contribution in [3.63, 3.8) is 0 Å². The highest BCUT2D eigenvalue weighted by Gasteiger charge is 2.19. The molecule has 7 heteroatoms. The highest BCUT2D eigenvalue weighted by Crippen LogP contribution is 2.21. The van der Waals surface area contributed by atoms with Crippen LogP contribution in [-0.4, -0.2) is 27.5 Å². The first kappa shape index (κ1) is 17.5. The van der Waals surface area contributed by atoms with Crippen LogP contribution in [0.1, 0.15) is 28.5 Å². The molecule has 0 unspecified atom stereocenters. The van der Waals surface area contributed by atoms with Gasteiger partial charge in [-0.2, -0.15) is 4.68 Å². The summed E-state index contributed by atoms with van der Waals surface area (Å²) in [5.41, 5.74) is 9.62. The Morgan fingerprint density at radius 1 is 1.19 bits per heavy atom. The first-order valence-corrected chi connectivity index (χ1v) is 8.32. The summed E-state index contributed by atoms with van der Waals surface area (Å²) in [6, 6.07) is 13.1. The number of ether oxygens (including phenoxy) is 1. The molecule has 1 aromatic heterocycles. The van der Waals surface area contributed by atoms with E-state index in [1.807, 2.05) is 63.2 Å². The van der Waals surface area contributed by atoms with E-state index in [0.29, 0.717) is 12.3 Å². The van der Waals surface area contributed by atoms with Gasteiger partial charge in [0.25, 0.3) is 5.91 Å². The lowest BCUT2D eigenvalue weighted by molar-refractivity contribution is 0.102. The zero-order valence-electron chi connectivity index (χ0n) is 15.0. The molecule has 1 heterocycles. The van der Waals surface area contributed by atoms with E-state index in [9.17, 15) is 4.79 Å². The van der Waals surface area contributed by atoms with E-state index in [1.165, 1.54) is 4.68 Å². The molecule has 0 fully saturated rings. The van der Waals surface area contributed by atoms with Crippen molar-refractivity contribution in [1.82, 2.24) is 15.0 Å². The summed E-state index contributed by atoms with van der Waals surface area (Å²) >= 11 is 0. The third-order valence-corrected chi connectivity index (χ3v) is 3.95. The molecule has 0 aliphatic heterocycles. The summed E-state index contributed by atoms with van der Waals surface area (Å²) in [6.07, 6.45) is 0. The highest BCUT2D eigenvalue weighted by molar-refractivity contribution is 6.06. The van der Waals surface area contributed by atoms with Gasteiger partial charge in [0.1, 0.15) is 5.75 Å². The lowest BCUT2D eigenvalue weighted by Gasteiger charge is -2.09. The van der Waals surface area contributed by atoms with Crippen LogP contribution in [0.15, 0.2) is 42.5 Å². The maximum Gasteiger partial charge on any atom is 0.280 e. The van der Waals surface area contributed by atoms with Gasteiger partial charge in [0.15, 0.2) is 11.5 Å². The van der Waals surface area contributed by atoms with Crippen molar-refractivity contribution in [1.29, 1.82) is 0 Å². The Morgan fingerprint density at radius 2 is 1.92 bits per heavy atom. The van der Waals surface area contributed by atoms with Crippen LogP contribution < -0.4 is 15.8 Å². The van der Waals surface area contributed by atoms with Gasteiger partial charge in [-0.25, -0.2) is 0 Å². The average molecular weight is 351 g/mol. The van der Waals surface area contributed by atoms with Gasteiger partial charge in [0.05, 0.1) is 12.3 Å². The maximum absolute atomic E-state index is 12.6. The second-order valence-electron chi connectivity index (χ2n) is 5.93. The van der Waals surface area contributed by atoms with Crippen molar-refractivity contribution in [2.75, 3.05) is 17.7 Å². The van der Waals surface area contributed by atoms with E-state index in [1.54, 1.807) is 0 Å². The molecule has 0 spiro atoms. The van der Waals surface area contributed by atoms with E-state index in [-0.39, 0.29) is 11.5 Å². The highest BCUT2D eigenvalue weighted by atomic mass is 16.5. The minimum atomic E-state index is -0.395. The third kappa shape index (κ3) is 3.51. The van der Waals surface area contributed by atoms with Gasteiger partial charge in [-0.3, -0.25) is 4.79 Å². The van der Waals surface area contributed by atoms with Crippen molar-refractivity contribution >= 4 is 17.4 Å². The zero-order valence-corrected chi connectivity index (χ0v) is 15.0. The number of carbonyl (C=O) groups excluding carboxylic acids is 1. The second-order valence-corrected chi connectivity index (χ2v) is 5.93. The number of nitrogens with zero attached hydrogens (tertiary/aromatic N) is 3. The van der Waals surface area contributed by atoms with E-state index in [0.717, 1.165) is 22.6 Å². The average Bonchev–Trinajstić information content (AvgIpc) is 3.01. The van der Waals surface area contributed by atoms with Crippen molar-refractivity contribution in [3.05, 3.63) is 59.3 Å². The van der Waals surface area contributed by atoms with Gasteiger partial charge in [-0.15, -0.1) is 5.10 Å². The SMILES string of the molecule is CCOc1ccc(-n2nnc(C(=O)Nc3cc(C)ccc3C)c2N)cc1. The van der Waals surface area contributed by atoms with E-state index < -0.39 is 5.91 Å². The molecular formula is C19H21N5O2. The molecular weight excluding hydrogens is 330 g/mol. The van der Waals surface area contributed by atoms with Crippen LogP contribution >= 0.6 is 0 Å². The minimum Gasteiger partial charge on any atom is -0.494 e. The quantitative estimate of drug-likeness (QED) is 0.736. The maximum atomic E-state index is 12.6. The predicted molar refractivity (Wildman–Crippen MR) is 101 cm³/mol. The Kier molecular flexibility index (Phi) is 4.88. The number of aryl methyl sites for hydroxylation is 2. The van der Waals surface area contributed by atoms with Crippen LogP contribution in [-0.2, 0) is 0 Å². The van der Waals surface area contributed by atoms with E-state index in [2.05, 4.69) is 15.6 Å². The number of hydrogen-bond acceptors (Lipinski definition) is 5. The van der Waals surface area contributed by atoms with Crippen molar-refractivity contribution < 1.29 is 9.53 Å². The van der Waals surface area contributed by atoms with E-state index in [4.69, 9.17) is 10.5 Å². The molecule has 2 aromatic carbocycles. The van der Waals surface area contributed by atoms with Gasteiger partial charge in [0, 0.05) is 5.69 Å². The molecule has 3 N–H and O–H groups in total.